The minimum absolute atomic E-state index is 0.114. The average Bonchev–Trinajstić information content (AvgIpc) is 2.46. The Hall–Kier alpha value is -1.84. The SMILES string of the molecule is CCC(C)(CC(C)c1ccc(OC(=O)C(C)(C)C)cc1)C(=O)O. The van der Waals surface area contributed by atoms with E-state index in [4.69, 9.17) is 4.74 Å². The topological polar surface area (TPSA) is 63.6 Å². The molecule has 0 aliphatic rings. The first-order chi connectivity index (χ1) is 10.5. The lowest BCUT2D eigenvalue weighted by Gasteiger charge is -2.27. The molecule has 0 aliphatic carbocycles. The number of hydrogen-bond acceptors (Lipinski definition) is 3. The van der Waals surface area contributed by atoms with Crippen LogP contribution in [0, 0.1) is 10.8 Å². The quantitative estimate of drug-likeness (QED) is 0.613. The maximum Gasteiger partial charge on any atom is 0.316 e. The van der Waals surface area contributed by atoms with Crippen LogP contribution in [0.25, 0.3) is 0 Å². The molecule has 2 unspecified atom stereocenters. The molecule has 0 saturated heterocycles. The van der Waals surface area contributed by atoms with Crippen molar-refractivity contribution >= 4 is 11.9 Å². The van der Waals surface area contributed by atoms with Gasteiger partial charge in [-0.25, -0.2) is 0 Å². The van der Waals surface area contributed by atoms with Gasteiger partial charge in [0.1, 0.15) is 5.75 Å². The van der Waals surface area contributed by atoms with Crippen molar-refractivity contribution in [1.82, 2.24) is 0 Å². The standard InChI is InChI=1S/C19H28O4/c1-7-19(6,16(20)21)12-13(2)14-8-10-15(11-9-14)23-17(22)18(3,4)5/h8-11,13H,7,12H2,1-6H3,(H,20,21). The molecule has 1 rings (SSSR count). The van der Waals surface area contributed by atoms with Crippen LogP contribution in [0.1, 0.15) is 65.9 Å². The summed E-state index contributed by atoms with van der Waals surface area (Å²) in [6.45, 7) is 11.1. The molecular formula is C19H28O4. The number of ether oxygens (including phenoxy) is 1. The van der Waals surface area contributed by atoms with Crippen LogP contribution in [0.4, 0.5) is 0 Å². The molecule has 0 saturated carbocycles. The highest BCUT2D eigenvalue weighted by Gasteiger charge is 2.33. The van der Waals surface area contributed by atoms with Crippen molar-refractivity contribution in [2.75, 3.05) is 0 Å². The number of esters is 1. The summed E-state index contributed by atoms with van der Waals surface area (Å²) in [6, 6.07) is 7.32. The molecule has 1 aromatic carbocycles. The van der Waals surface area contributed by atoms with Crippen molar-refractivity contribution in [3.05, 3.63) is 29.8 Å². The van der Waals surface area contributed by atoms with Gasteiger partial charge in [-0.15, -0.1) is 0 Å². The first-order valence-corrected chi connectivity index (χ1v) is 8.05. The smallest absolute Gasteiger partial charge is 0.316 e. The van der Waals surface area contributed by atoms with Gasteiger partial charge in [0, 0.05) is 0 Å². The van der Waals surface area contributed by atoms with Gasteiger partial charge in [0.15, 0.2) is 0 Å². The lowest BCUT2D eigenvalue weighted by Crippen LogP contribution is -2.28. The molecule has 0 aromatic heterocycles. The molecule has 0 fully saturated rings. The largest absolute Gasteiger partial charge is 0.481 e. The molecule has 0 spiro atoms. The molecule has 128 valence electrons. The lowest BCUT2D eigenvalue weighted by atomic mass is 9.77. The minimum atomic E-state index is -0.762. The first kappa shape index (κ1) is 19.2. The van der Waals surface area contributed by atoms with Crippen LogP contribution in [0.2, 0.25) is 0 Å². The number of rotatable bonds is 6. The van der Waals surface area contributed by atoms with Gasteiger partial charge in [-0.05, 0) is 64.2 Å². The molecule has 2 atom stereocenters. The summed E-state index contributed by atoms with van der Waals surface area (Å²) < 4.78 is 5.34. The Kier molecular flexibility index (Phi) is 5.98. The normalized spacial score (nSPS) is 15.6. The third kappa shape index (κ3) is 5.08. The van der Waals surface area contributed by atoms with Crippen molar-refractivity contribution in [3.63, 3.8) is 0 Å². The van der Waals surface area contributed by atoms with Crippen molar-refractivity contribution in [2.45, 2.75) is 60.3 Å². The highest BCUT2D eigenvalue weighted by molar-refractivity contribution is 5.77. The Morgan fingerprint density at radius 1 is 1.13 bits per heavy atom. The van der Waals surface area contributed by atoms with Gasteiger partial charge in [0.25, 0.3) is 0 Å². The summed E-state index contributed by atoms with van der Waals surface area (Å²) in [6.07, 6.45) is 1.16. The van der Waals surface area contributed by atoms with Gasteiger partial charge in [-0.3, -0.25) is 9.59 Å². The Labute approximate surface area is 138 Å². The van der Waals surface area contributed by atoms with Crippen LogP contribution in [0.3, 0.4) is 0 Å². The van der Waals surface area contributed by atoms with E-state index in [0.29, 0.717) is 18.6 Å². The molecule has 1 N–H and O–H groups in total. The molecule has 23 heavy (non-hydrogen) atoms. The zero-order valence-corrected chi connectivity index (χ0v) is 15.0. The summed E-state index contributed by atoms with van der Waals surface area (Å²) in [5, 5.41) is 9.39. The van der Waals surface area contributed by atoms with Crippen molar-refractivity contribution in [1.29, 1.82) is 0 Å². The summed E-state index contributed by atoms with van der Waals surface area (Å²) in [5.41, 5.74) is -0.228. The van der Waals surface area contributed by atoms with Gasteiger partial charge < -0.3 is 9.84 Å². The van der Waals surface area contributed by atoms with Crippen molar-refractivity contribution < 1.29 is 19.4 Å². The van der Waals surface area contributed by atoms with Crippen molar-refractivity contribution in [3.8, 4) is 5.75 Å². The molecule has 0 bridgehead atoms. The average molecular weight is 320 g/mol. The zero-order chi connectivity index (χ0) is 17.8. The van der Waals surface area contributed by atoms with Crippen LogP contribution >= 0.6 is 0 Å². The molecule has 4 heteroatoms. The van der Waals surface area contributed by atoms with Gasteiger partial charge in [-0.2, -0.15) is 0 Å². The van der Waals surface area contributed by atoms with E-state index in [1.807, 2.05) is 46.8 Å². The van der Waals surface area contributed by atoms with E-state index in [2.05, 4.69) is 0 Å². The second kappa shape index (κ2) is 7.16. The van der Waals surface area contributed by atoms with Crippen LogP contribution < -0.4 is 4.74 Å². The Morgan fingerprint density at radius 3 is 2.04 bits per heavy atom. The predicted molar refractivity (Wildman–Crippen MR) is 90.6 cm³/mol. The number of carboxylic acid groups (broad SMARTS) is 1. The van der Waals surface area contributed by atoms with E-state index in [-0.39, 0.29) is 11.9 Å². The molecule has 4 nitrogen and oxygen atoms in total. The monoisotopic (exact) mass is 320 g/mol. The summed E-state index contributed by atoms with van der Waals surface area (Å²) in [7, 11) is 0. The van der Waals surface area contributed by atoms with Crippen molar-refractivity contribution in [2.24, 2.45) is 10.8 Å². The van der Waals surface area contributed by atoms with Crippen LogP contribution in [0.5, 0.6) is 5.75 Å². The van der Waals surface area contributed by atoms with Gasteiger partial charge in [0.05, 0.1) is 10.8 Å². The van der Waals surface area contributed by atoms with E-state index in [1.165, 1.54) is 0 Å². The van der Waals surface area contributed by atoms with Gasteiger partial charge in [0.2, 0.25) is 0 Å². The minimum Gasteiger partial charge on any atom is -0.481 e. The Bertz CT molecular complexity index is 554. The lowest BCUT2D eigenvalue weighted by molar-refractivity contribution is -0.148. The highest BCUT2D eigenvalue weighted by atomic mass is 16.5. The van der Waals surface area contributed by atoms with Crippen LogP contribution in [-0.2, 0) is 9.59 Å². The van der Waals surface area contributed by atoms with Gasteiger partial charge in [-0.1, -0.05) is 26.0 Å². The fourth-order valence-corrected chi connectivity index (χ4v) is 2.30. The maximum atomic E-state index is 11.9. The van der Waals surface area contributed by atoms with Gasteiger partial charge >= 0.3 is 11.9 Å². The van der Waals surface area contributed by atoms with E-state index in [9.17, 15) is 14.7 Å². The summed E-state index contributed by atoms with van der Waals surface area (Å²) in [5.74, 6) is -0.411. The fraction of sp³-hybridized carbons (Fsp3) is 0.579. The number of carboxylic acids is 1. The zero-order valence-electron chi connectivity index (χ0n) is 15.0. The number of benzene rings is 1. The molecule has 0 radical (unpaired) electrons. The van der Waals surface area contributed by atoms with E-state index in [1.54, 1.807) is 19.1 Å². The third-order valence-corrected chi connectivity index (χ3v) is 4.33. The predicted octanol–water partition coefficient (Wildman–Crippen LogP) is 4.63. The van der Waals surface area contributed by atoms with E-state index in [0.717, 1.165) is 5.56 Å². The molecular weight excluding hydrogens is 292 g/mol. The molecule has 0 heterocycles. The van der Waals surface area contributed by atoms with E-state index >= 15 is 0 Å². The summed E-state index contributed by atoms with van der Waals surface area (Å²) in [4.78, 5) is 23.3. The van der Waals surface area contributed by atoms with E-state index < -0.39 is 16.8 Å². The molecule has 0 aliphatic heterocycles. The molecule has 0 amide bonds. The second-order valence-corrected chi connectivity index (χ2v) is 7.53. The number of carbonyl (C=O) groups excluding carboxylic acids is 1. The Balaban J connectivity index is 2.80. The summed E-state index contributed by atoms with van der Waals surface area (Å²) >= 11 is 0. The van der Waals surface area contributed by atoms with Crippen LogP contribution in [0.15, 0.2) is 24.3 Å². The van der Waals surface area contributed by atoms with Crippen LogP contribution in [-0.4, -0.2) is 17.0 Å². The molecule has 1 aromatic rings. The first-order valence-electron chi connectivity index (χ1n) is 8.05. The number of carbonyl (C=O) groups is 2. The third-order valence-electron chi connectivity index (χ3n) is 4.33. The fourth-order valence-electron chi connectivity index (χ4n) is 2.30. The number of aliphatic carboxylic acids is 1. The number of hydrogen-bond donors (Lipinski definition) is 1. The second-order valence-electron chi connectivity index (χ2n) is 7.53. The maximum absolute atomic E-state index is 11.9. The Morgan fingerprint density at radius 2 is 1.65 bits per heavy atom. The highest BCUT2D eigenvalue weighted by Crippen LogP contribution is 2.35.